The van der Waals surface area contributed by atoms with Gasteiger partial charge in [-0.3, -0.25) is 19.3 Å². The number of likely N-dealkylation sites (N-methyl/N-ethyl adjacent to an activating group) is 1. The third-order valence-electron chi connectivity index (χ3n) is 4.80. The number of benzene rings is 2. The molecule has 0 saturated carbocycles. The molecular formula is C22H22F3N5O3S. The monoisotopic (exact) mass is 493 g/mol. The van der Waals surface area contributed by atoms with E-state index in [0.717, 1.165) is 23.3 Å². The second-order valence-corrected chi connectivity index (χ2v) is 7.88. The molecule has 0 atom stereocenters. The number of halogens is 3. The average Bonchev–Trinajstić information content (AvgIpc) is 3.13. The van der Waals surface area contributed by atoms with Crippen LogP contribution < -0.4 is 10.1 Å². The van der Waals surface area contributed by atoms with Crippen molar-refractivity contribution in [2.24, 2.45) is 0 Å². The molecule has 2 amide bonds. The van der Waals surface area contributed by atoms with Crippen molar-refractivity contribution in [2.75, 3.05) is 18.9 Å². The van der Waals surface area contributed by atoms with Crippen LogP contribution in [-0.4, -0.2) is 51.4 Å². The highest BCUT2D eigenvalue weighted by atomic mass is 32.1. The summed E-state index contributed by atoms with van der Waals surface area (Å²) < 4.78 is 42.6. The number of aryl methyl sites for hydroxylation is 1. The number of anilines is 1. The number of nitrogens with zero attached hydrogens (tertiary/aromatic N) is 3. The van der Waals surface area contributed by atoms with E-state index in [0.29, 0.717) is 10.6 Å². The van der Waals surface area contributed by atoms with Gasteiger partial charge in [0.25, 0.3) is 0 Å². The molecular weight excluding hydrogens is 471 g/mol. The molecule has 2 N–H and O–H groups in total. The average molecular weight is 494 g/mol. The Hall–Kier alpha value is -3.67. The number of alkyl halides is 3. The zero-order valence-corrected chi connectivity index (χ0v) is 19.2. The minimum Gasteiger partial charge on any atom is -0.406 e. The summed E-state index contributed by atoms with van der Waals surface area (Å²) in [4.78, 5) is 26.0. The minimum atomic E-state index is -4.80. The Morgan fingerprint density at radius 2 is 1.79 bits per heavy atom. The van der Waals surface area contributed by atoms with Gasteiger partial charge in [-0.2, -0.15) is 5.10 Å². The third-order valence-corrected chi connectivity index (χ3v) is 5.11. The van der Waals surface area contributed by atoms with Gasteiger partial charge in [0.1, 0.15) is 5.75 Å². The van der Waals surface area contributed by atoms with Gasteiger partial charge in [-0.1, -0.05) is 29.8 Å². The highest BCUT2D eigenvalue weighted by Crippen LogP contribution is 2.24. The lowest BCUT2D eigenvalue weighted by Gasteiger charge is -2.17. The van der Waals surface area contributed by atoms with Crippen LogP contribution in [0.4, 0.5) is 18.9 Å². The molecule has 3 aromatic rings. The highest BCUT2D eigenvalue weighted by molar-refractivity contribution is 7.71. The van der Waals surface area contributed by atoms with Crippen molar-refractivity contribution in [1.29, 1.82) is 0 Å². The van der Waals surface area contributed by atoms with E-state index in [1.807, 2.05) is 31.2 Å². The summed E-state index contributed by atoms with van der Waals surface area (Å²) in [5.41, 5.74) is 2.22. The van der Waals surface area contributed by atoms with Crippen LogP contribution in [0, 0.1) is 11.7 Å². The van der Waals surface area contributed by atoms with Gasteiger partial charge < -0.3 is 15.0 Å². The van der Waals surface area contributed by atoms with E-state index in [4.69, 9.17) is 12.2 Å². The second kappa shape index (κ2) is 10.5. The molecule has 0 aliphatic carbocycles. The Bertz CT molecular complexity index is 1200. The number of hydrogen-bond donors (Lipinski definition) is 2. The van der Waals surface area contributed by atoms with Gasteiger partial charge in [0.05, 0.1) is 6.54 Å². The topological polar surface area (TPSA) is 92.3 Å². The van der Waals surface area contributed by atoms with E-state index in [1.54, 1.807) is 4.57 Å². The summed E-state index contributed by atoms with van der Waals surface area (Å²) in [5, 5.41) is 9.50. The van der Waals surface area contributed by atoms with Gasteiger partial charge in [-0.15, -0.1) is 13.2 Å². The lowest BCUT2D eigenvalue weighted by molar-refractivity contribution is -0.274. The second-order valence-electron chi connectivity index (χ2n) is 7.49. The van der Waals surface area contributed by atoms with Gasteiger partial charge in [0, 0.05) is 31.3 Å². The lowest BCUT2D eigenvalue weighted by Crippen LogP contribution is -2.35. The fraction of sp³-hybridized carbons (Fsp3) is 0.273. The van der Waals surface area contributed by atoms with E-state index in [9.17, 15) is 22.8 Å². The maximum absolute atomic E-state index is 12.6. The van der Waals surface area contributed by atoms with Crippen LogP contribution in [0.5, 0.6) is 5.75 Å². The molecule has 0 radical (unpaired) electrons. The number of rotatable bonds is 8. The number of amides is 2. The standard InChI is InChI=1S/C22H22F3N5O3S/c1-14-3-5-15(6-4-14)20-27-28-21(34)30(20)12-11-19(32)29(2)13-18(31)26-16-7-9-17(10-8-16)33-22(23,24)25/h3-10H,11-13H2,1-2H3,(H,26,31)(H,28,34). The van der Waals surface area contributed by atoms with E-state index < -0.39 is 18.0 Å². The molecule has 0 saturated heterocycles. The van der Waals surface area contributed by atoms with E-state index in [1.165, 1.54) is 24.1 Å². The number of aromatic amines is 1. The number of carbonyl (C=O) groups is 2. The van der Waals surface area contributed by atoms with Crippen LogP contribution in [0.15, 0.2) is 48.5 Å². The molecule has 8 nitrogen and oxygen atoms in total. The van der Waals surface area contributed by atoms with Gasteiger partial charge in [-0.25, -0.2) is 0 Å². The number of hydrogen-bond acceptors (Lipinski definition) is 5. The predicted octanol–water partition coefficient (Wildman–Crippen LogP) is 4.30. The molecule has 0 aliphatic rings. The molecule has 3 rings (SSSR count). The first-order chi connectivity index (χ1) is 16.0. The molecule has 0 unspecified atom stereocenters. The fourth-order valence-electron chi connectivity index (χ4n) is 3.09. The minimum absolute atomic E-state index is 0.0833. The molecule has 1 heterocycles. The SMILES string of the molecule is Cc1ccc(-c2n[nH]c(=S)n2CCC(=O)N(C)CC(=O)Nc2ccc(OC(F)(F)F)cc2)cc1. The van der Waals surface area contributed by atoms with Crippen molar-refractivity contribution in [2.45, 2.75) is 26.3 Å². The summed E-state index contributed by atoms with van der Waals surface area (Å²) in [6.45, 7) is 2.01. The Morgan fingerprint density at radius 3 is 2.41 bits per heavy atom. The smallest absolute Gasteiger partial charge is 0.406 e. The first-order valence-corrected chi connectivity index (χ1v) is 10.5. The van der Waals surface area contributed by atoms with Gasteiger partial charge in [-0.05, 0) is 43.4 Å². The predicted molar refractivity (Wildman–Crippen MR) is 122 cm³/mol. The van der Waals surface area contributed by atoms with Gasteiger partial charge in [0.2, 0.25) is 11.8 Å². The summed E-state index contributed by atoms with van der Waals surface area (Å²) in [7, 11) is 1.48. The summed E-state index contributed by atoms with van der Waals surface area (Å²) in [5.74, 6) is -0.584. The van der Waals surface area contributed by atoms with E-state index in [2.05, 4.69) is 20.3 Å². The van der Waals surface area contributed by atoms with Crippen LogP contribution in [0.3, 0.4) is 0 Å². The van der Waals surface area contributed by atoms with Crippen molar-refractivity contribution >= 4 is 29.7 Å². The molecule has 1 aromatic heterocycles. The molecule has 34 heavy (non-hydrogen) atoms. The summed E-state index contributed by atoms with van der Waals surface area (Å²) >= 11 is 5.28. The number of carbonyl (C=O) groups excluding carboxylic acids is 2. The maximum atomic E-state index is 12.6. The van der Waals surface area contributed by atoms with Crippen molar-refractivity contribution in [1.82, 2.24) is 19.7 Å². The van der Waals surface area contributed by atoms with E-state index in [-0.39, 0.29) is 31.1 Å². The summed E-state index contributed by atoms with van der Waals surface area (Å²) in [6.07, 6.45) is -4.71. The zero-order valence-electron chi connectivity index (χ0n) is 18.3. The molecule has 2 aromatic carbocycles. The van der Waals surface area contributed by atoms with Crippen LogP contribution in [0.25, 0.3) is 11.4 Å². The number of H-pyrrole nitrogens is 1. The Labute approximate surface area is 198 Å². The maximum Gasteiger partial charge on any atom is 0.573 e. The van der Waals surface area contributed by atoms with Crippen molar-refractivity contribution in [3.05, 3.63) is 58.9 Å². The molecule has 12 heteroatoms. The van der Waals surface area contributed by atoms with Crippen molar-refractivity contribution in [3.8, 4) is 17.1 Å². The van der Waals surface area contributed by atoms with Crippen molar-refractivity contribution < 1.29 is 27.5 Å². The van der Waals surface area contributed by atoms with Gasteiger partial charge >= 0.3 is 6.36 Å². The quantitative estimate of drug-likeness (QED) is 0.457. The Morgan fingerprint density at radius 1 is 1.15 bits per heavy atom. The first-order valence-electron chi connectivity index (χ1n) is 10.1. The number of aromatic nitrogens is 3. The zero-order chi connectivity index (χ0) is 24.9. The fourth-order valence-corrected chi connectivity index (χ4v) is 3.31. The first kappa shape index (κ1) is 25.0. The van der Waals surface area contributed by atoms with Crippen LogP contribution in [-0.2, 0) is 16.1 Å². The molecule has 180 valence electrons. The van der Waals surface area contributed by atoms with Gasteiger partial charge in [0.15, 0.2) is 10.6 Å². The molecule has 0 fully saturated rings. The normalized spacial score (nSPS) is 11.2. The number of nitrogens with one attached hydrogen (secondary N) is 2. The number of ether oxygens (including phenoxy) is 1. The van der Waals surface area contributed by atoms with Crippen LogP contribution >= 0.6 is 12.2 Å². The van der Waals surface area contributed by atoms with Crippen molar-refractivity contribution in [3.63, 3.8) is 0 Å². The Kier molecular flexibility index (Phi) is 7.72. The molecule has 0 spiro atoms. The molecule has 0 aliphatic heterocycles. The highest BCUT2D eigenvalue weighted by Gasteiger charge is 2.31. The lowest BCUT2D eigenvalue weighted by atomic mass is 10.1. The van der Waals surface area contributed by atoms with Crippen LogP contribution in [0.1, 0.15) is 12.0 Å². The van der Waals surface area contributed by atoms with E-state index >= 15 is 0 Å². The largest absolute Gasteiger partial charge is 0.573 e. The third kappa shape index (κ3) is 6.91. The molecule has 0 bridgehead atoms. The summed E-state index contributed by atoms with van der Waals surface area (Å²) in [6, 6.07) is 12.4. The van der Waals surface area contributed by atoms with Crippen LogP contribution in [0.2, 0.25) is 0 Å². The Balaban J connectivity index is 1.54.